The molecule has 1 aliphatic rings. The molecule has 7 aromatic rings. The maximum absolute atomic E-state index is 6.51. The molecule has 244 valence electrons. The van der Waals surface area contributed by atoms with Crippen LogP contribution in [-0.4, -0.2) is 15.2 Å². The van der Waals surface area contributed by atoms with Gasteiger partial charge in [0.25, 0.3) is 0 Å². The Balaban J connectivity index is 1.58. The van der Waals surface area contributed by atoms with Crippen molar-refractivity contribution in [3.63, 3.8) is 0 Å². The lowest BCUT2D eigenvalue weighted by atomic mass is 9.95. The molecule has 4 heteroatoms. The van der Waals surface area contributed by atoms with Crippen molar-refractivity contribution in [2.45, 2.75) is 66.7 Å². The maximum Gasteiger partial charge on any atom is 0.0895 e. The smallest absolute Gasteiger partial charge is 0.0895 e. The second-order valence-corrected chi connectivity index (χ2v) is 13.6. The van der Waals surface area contributed by atoms with E-state index in [1.807, 2.05) is 18.4 Å². The molecule has 0 saturated carbocycles. The van der Waals surface area contributed by atoms with Crippen LogP contribution in [0.3, 0.4) is 0 Å². The second-order valence-electron chi connectivity index (χ2n) is 13.6. The molecule has 3 aromatic heterocycles. The standard InChI is InChI=1S/C45H44N4/c1-7-10-12-16-31-27(4)19-22-39-42(31)43-36-25-30(15-11-8-2)48-29(6)32(14-9-3)35(45(36)48)26-40(43)49(39)38-21-20-28(5)41-33(38)17-13-18-34(41)44-37(46)23-24-47-44/h8-9,11,13-15,17-22,24-26H,2,7,10,12,16,23,46H2,1,3-6H3/b14-9-,15-11-. The van der Waals surface area contributed by atoms with E-state index in [1.54, 1.807) is 0 Å². The predicted molar refractivity (Wildman–Crippen MR) is 214 cm³/mol. The summed E-state index contributed by atoms with van der Waals surface area (Å²) in [6, 6.07) is 20.7. The third-order valence-corrected chi connectivity index (χ3v) is 10.7. The van der Waals surface area contributed by atoms with Crippen LogP contribution in [0.25, 0.3) is 72.4 Å². The van der Waals surface area contributed by atoms with Crippen LogP contribution in [0.4, 0.5) is 0 Å². The molecular formula is C45H44N4. The van der Waals surface area contributed by atoms with Crippen molar-refractivity contribution in [1.82, 2.24) is 8.97 Å². The van der Waals surface area contributed by atoms with Gasteiger partial charge in [-0.25, -0.2) is 0 Å². The molecule has 4 aromatic carbocycles. The van der Waals surface area contributed by atoms with Crippen LogP contribution in [-0.2, 0) is 6.42 Å². The molecule has 0 aliphatic carbocycles. The van der Waals surface area contributed by atoms with Gasteiger partial charge in [-0.05, 0) is 93.0 Å². The quantitative estimate of drug-likeness (QED) is 0.124. The van der Waals surface area contributed by atoms with Crippen LogP contribution < -0.4 is 5.73 Å². The van der Waals surface area contributed by atoms with Gasteiger partial charge in [0.2, 0.25) is 0 Å². The molecule has 0 amide bonds. The van der Waals surface area contributed by atoms with Gasteiger partial charge in [-0.1, -0.05) is 81.0 Å². The maximum atomic E-state index is 6.51. The average molecular weight is 641 g/mol. The van der Waals surface area contributed by atoms with Crippen LogP contribution in [0.1, 0.15) is 78.7 Å². The summed E-state index contributed by atoms with van der Waals surface area (Å²) in [6.45, 7) is 15.1. The minimum atomic E-state index is 0.696. The second kappa shape index (κ2) is 12.0. The lowest BCUT2D eigenvalue weighted by Gasteiger charge is -2.16. The largest absolute Gasteiger partial charge is 0.400 e. The molecule has 0 unspecified atom stereocenters. The zero-order chi connectivity index (χ0) is 34.0. The van der Waals surface area contributed by atoms with Crippen molar-refractivity contribution < 1.29 is 0 Å². The minimum Gasteiger partial charge on any atom is -0.400 e. The van der Waals surface area contributed by atoms with Crippen molar-refractivity contribution in [1.29, 1.82) is 0 Å². The topological polar surface area (TPSA) is 47.7 Å². The summed E-state index contributed by atoms with van der Waals surface area (Å²) in [5.41, 5.74) is 22.1. The number of nitrogens with two attached hydrogens (primary N) is 1. The van der Waals surface area contributed by atoms with Gasteiger partial charge in [-0.15, -0.1) is 0 Å². The summed E-state index contributed by atoms with van der Waals surface area (Å²) in [5.74, 6) is 0. The van der Waals surface area contributed by atoms with E-state index in [9.17, 15) is 0 Å². The number of hydrogen-bond donors (Lipinski definition) is 1. The lowest BCUT2D eigenvalue weighted by molar-refractivity contribution is 0.718. The van der Waals surface area contributed by atoms with Gasteiger partial charge in [0.05, 0.1) is 27.9 Å². The molecule has 0 atom stereocenters. The van der Waals surface area contributed by atoms with E-state index < -0.39 is 0 Å². The van der Waals surface area contributed by atoms with Gasteiger partial charge < -0.3 is 14.7 Å². The summed E-state index contributed by atoms with van der Waals surface area (Å²) in [4.78, 5) is 4.74. The summed E-state index contributed by atoms with van der Waals surface area (Å²) in [5, 5.41) is 7.71. The van der Waals surface area contributed by atoms with E-state index in [0.717, 1.165) is 23.4 Å². The van der Waals surface area contributed by atoms with E-state index in [2.05, 4.69) is 123 Å². The van der Waals surface area contributed by atoms with Crippen molar-refractivity contribution in [3.05, 3.63) is 124 Å². The molecule has 0 fully saturated rings. The van der Waals surface area contributed by atoms with Gasteiger partial charge in [-0.2, -0.15) is 0 Å². The number of aromatic nitrogens is 2. The first-order valence-corrected chi connectivity index (χ1v) is 17.7. The highest BCUT2D eigenvalue weighted by atomic mass is 15.0. The number of unbranched alkanes of at least 4 members (excludes halogenated alkanes) is 2. The van der Waals surface area contributed by atoms with Crippen molar-refractivity contribution in [2.75, 3.05) is 0 Å². The van der Waals surface area contributed by atoms with E-state index in [4.69, 9.17) is 10.7 Å². The Hall–Kier alpha value is -5.35. The van der Waals surface area contributed by atoms with Gasteiger partial charge in [0, 0.05) is 67.8 Å². The first-order valence-electron chi connectivity index (χ1n) is 17.7. The number of fused-ring (bicyclic) bond motifs is 5. The van der Waals surface area contributed by atoms with Crippen LogP contribution in [0.2, 0.25) is 0 Å². The Labute approximate surface area is 288 Å². The molecule has 2 N–H and O–H groups in total. The van der Waals surface area contributed by atoms with E-state index in [-0.39, 0.29) is 0 Å². The molecular weight excluding hydrogens is 597 g/mol. The Morgan fingerprint density at radius 1 is 0.878 bits per heavy atom. The van der Waals surface area contributed by atoms with E-state index in [1.165, 1.54) is 107 Å². The van der Waals surface area contributed by atoms with Crippen molar-refractivity contribution in [2.24, 2.45) is 10.7 Å². The third kappa shape index (κ3) is 4.54. The molecule has 0 spiro atoms. The number of aliphatic imine (C=N–C) groups is 1. The van der Waals surface area contributed by atoms with Crippen LogP contribution in [0.15, 0.2) is 90.1 Å². The third-order valence-electron chi connectivity index (χ3n) is 10.7. The number of allylic oxidation sites excluding steroid dienone is 4. The molecule has 4 heterocycles. The first kappa shape index (κ1) is 31.0. The van der Waals surface area contributed by atoms with Gasteiger partial charge in [0.1, 0.15) is 0 Å². The Bertz CT molecular complexity index is 2600. The van der Waals surface area contributed by atoms with E-state index in [0.29, 0.717) is 6.42 Å². The molecule has 1 aliphatic heterocycles. The summed E-state index contributed by atoms with van der Waals surface area (Å²) in [7, 11) is 0. The number of rotatable bonds is 9. The number of nitrogens with zero attached hydrogens (tertiary/aromatic N) is 3. The fraction of sp³-hybridized carbons (Fsp3) is 0.222. The molecule has 4 nitrogen and oxygen atoms in total. The molecule has 0 saturated heterocycles. The summed E-state index contributed by atoms with van der Waals surface area (Å²) >= 11 is 0. The highest BCUT2D eigenvalue weighted by Gasteiger charge is 2.26. The zero-order valence-corrected chi connectivity index (χ0v) is 29.3. The monoisotopic (exact) mass is 640 g/mol. The van der Waals surface area contributed by atoms with E-state index >= 15 is 0 Å². The fourth-order valence-corrected chi connectivity index (χ4v) is 8.47. The van der Waals surface area contributed by atoms with Crippen LogP contribution in [0.5, 0.6) is 0 Å². The molecule has 0 radical (unpaired) electrons. The van der Waals surface area contributed by atoms with Crippen molar-refractivity contribution >= 4 is 72.9 Å². The number of hydrogen-bond acceptors (Lipinski definition) is 2. The molecule has 0 bridgehead atoms. The Morgan fingerprint density at radius 2 is 1.71 bits per heavy atom. The highest BCUT2D eigenvalue weighted by molar-refractivity contribution is 6.27. The fourth-order valence-electron chi connectivity index (χ4n) is 8.47. The van der Waals surface area contributed by atoms with Crippen LogP contribution in [0, 0.1) is 20.8 Å². The SMILES string of the molecule is C=C/C=C\c1cc2c3c4c(CCCCC)c(C)ccc4n(-c4ccc(C)c5c(C6=C(N)CC=N6)cccc45)c3cc3c(/C=C\C)c(C)n1c32. The number of aryl methyl sites for hydroxylation is 4. The highest BCUT2D eigenvalue weighted by Crippen LogP contribution is 2.46. The first-order chi connectivity index (χ1) is 23.9. The lowest BCUT2D eigenvalue weighted by Crippen LogP contribution is -2.00. The summed E-state index contributed by atoms with van der Waals surface area (Å²) < 4.78 is 4.99. The van der Waals surface area contributed by atoms with Gasteiger partial charge in [-0.3, -0.25) is 4.99 Å². The zero-order valence-electron chi connectivity index (χ0n) is 29.3. The Morgan fingerprint density at radius 3 is 2.47 bits per heavy atom. The minimum absolute atomic E-state index is 0.696. The summed E-state index contributed by atoms with van der Waals surface area (Å²) in [6.07, 6.45) is 17.8. The van der Waals surface area contributed by atoms with Gasteiger partial charge >= 0.3 is 0 Å². The molecule has 49 heavy (non-hydrogen) atoms. The van der Waals surface area contributed by atoms with Gasteiger partial charge in [0.15, 0.2) is 0 Å². The average Bonchev–Trinajstić information content (AvgIpc) is 3.85. The molecule has 8 rings (SSSR count). The number of benzene rings is 4. The predicted octanol–water partition coefficient (Wildman–Crippen LogP) is 11.8. The van der Waals surface area contributed by atoms with Crippen LogP contribution >= 0.6 is 0 Å². The Kier molecular flexibility index (Phi) is 7.55. The van der Waals surface area contributed by atoms with Crippen molar-refractivity contribution in [3.8, 4) is 5.69 Å². The normalized spacial score (nSPS) is 13.9.